The molecule has 0 bridgehead atoms. The average molecular weight is 771 g/mol. The zero-order chi connectivity index (χ0) is 39.8. The fraction of sp³-hybridized carbons (Fsp3) is 0.750. The van der Waals surface area contributed by atoms with Crippen LogP contribution in [0, 0.1) is 22.7 Å². The van der Waals surface area contributed by atoms with E-state index >= 15 is 0 Å². The van der Waals surface area contributed by atoms with Crippen LogP contribution in [0.5, 0.6) is 0 Å². The summed E-state index contributed by atoms with van der Waals surface area (Å²) in [5, 5.41) is 24.3. The molecule has 55 heavy (non-hydrogen) atoms. The third kappa shape index (κ3) is 7.75. The average Bonchev–Trinajstić information content (AvgIpc) is 3.82. The Hall–Kier alpha value is -3.98. The summed E-state index contributed by atoms with van der Waals surface area (Å²) in [5.74, 6) is -2.06. The van der Waals surface area contributed by atoms with Crippen LogP contribution in [0.25, 0.3) is 0 Å². The maximum atomic E-state index is 12.9. The maximum Gasteiger partial charge on any atom is 0.335 e. The Morgan fingerprint density at radius 1 is 0.964 bits per heavy atom. The highest BCUT2D eigenvalue weighted by molar-refractivity contribution is 5.83. The highest BCUT2D eigenvalue weighted by Crippen LogP contribution is 2.78. The molecule has 15 heteroatoms. The van der Waals surface area contributed by atoms with Gasteiger partial charge in [-0.25, -0.2) is 9.59 Å². The van der Waals surface area contributed by atoms with Crippen molar-refractivity contribution < 1.29 is 48.0 Å². The number of carbonyl (C=O) groups is 4. The predicted molar refractivity (Wildman–Crippen MR) is 198 cm³/mol. The van der Waals surface area contributed by atoms with Crippen molar-refractivity contribution in [1.82, 2.24) is 5.32 Å². The second-order valence-corrected chi connectivity index (χ2v) is 17.1. The van der Waals surface area contributed by atoms with Gasteiger partial charge in [0.15, 0.2) is 5.96 Å². The summed E-state index contributed by atoms with van der Waals surface area (Å²) in [6.07, 6.45) is 8.71. The molecule has 304 valence electrons. The maximum absolute atomic E-state index is 12.9. The van der Waals surface area contributed by atoms with Gasteiger partial charge < -0.3 is 45.6 Å². The SMILES string of the molecule is CC(=O)O[C@H]1[C@H]2OC23C2CC[C@]4(O)C[C@@H](OC(=O)CCCCCCC(=O)NC(CCCN=C(N)N)C(=O)O)CC[C@]4(C)[C@H]2CC[C@]3(C)[C@H]1c1ccc(=O)oc1. The van der Waals surface area contributed by atoms with E-state index in [0.717, 1.165) is 31.2 Å². The van der Waals surface area contributed by atoms with E-state index in [1.165, 1.54) is 19.3 Å². The number of epoxide rings is 1. The van der Waals surface area contributed by atoms with E-state index in [1.54, 1.807) is 6.07 Å². The number of guanidine groups is 1. The first-order chi connectivity index (χ1) is 26.0. The summed E-state index contributed by atoms with van der Waals surface area (Å²) in [6.45, 7) is 6.10. The Bertz CT molecular complexity index is 1690. The number of aliphatic imine (C=N–C) groups is 1. The molecule has 1 aliphatic heterocycles. The van der Waals surface area contributed by atoms with Gasteiger partial charge in [-0.05, 0) is 93.1 Å². The Morgan fingerprint density at radius 2 is 1.67 bits per heavy atom. The minimum atomic E-state index is -1.11. The monoisotopic (exact) mass is 770 g/mol. The number of nitrogens with one attached hydrogen (secondary N) is 1. The molecule has 5 fully saturated rings. The van der Waals surface area contributed by atoms with Crippen LogP contribution in [0.1, 0.15) is 129 Å². The summed E-state index contributed by atoms with van der Waals surface area (Å²) >= 11 is 0. The van der Waals surface area contributed by atoms with Gasteiger partial charge in [-0.3, -0.25) is 19.4 Å². The predicted octanol–water partition coefficient (Wildman–Crippen LogP) is 3.43. The van der Waals surface area contributed by atoms with E-state index in [2.05, 4.69) is 24.2 Å². The van der Waals surface area contributed by atoms with E-state index in [0.29, 0.717) is 51.4 Å². The van der Waals surface area contributed by atoms with Crippen molar-refractivity contribution in [2.75, 3.05) is 6.54 Å². The molecule has 1 amide bonds. The lowest BCUT2D eigenvalue weighted by Crippen LogP contribution is -2.65. The largest absolute Gasteiger partial charge is 0.480 e. The number of carbonyl (C=O) groups excluding carboxylic acids is 3. The molecule has 4 aliphatic carbocycles. The highest BCUT2D eigenvalue weighted by Gasteiger charge is 2.85. The molecule has 7 N–H and O–H groups in total. The Kier molecular flexibility index (Phi) is 11.7. The quantitative estimate of drug-likeness (QED) is 0.0532. The lowest BCUT2D eigenvalue weighted by molar-refractivity contribution is -0.228. The lowest BCUT2D eigenvalue weighted by atomic mass is 9.42. The first-order valence-corrected chi connectivity index (χ1v) is 20.0. The van der Waals surface area contributed by atoms with E-state index < -0.39 is 40.4 Å². The number of nitrogens with zero attached hydrogens (tertiary/aromatic N) is 1. The molecular weight excluding hydrogens is 712 g/mol. The number of hydrogen-bond acceptors (Lipinski definition) is 11. The number of fused-ring (bicyclic) bond motifs is 3. The number of esters is 2. The van der Waals surface area contributed by atoms with Gasteiger partial charge in [0.25, 0.3) is 0 Å². The highest BCUT2D eigenvalue weighted by atomic mass is 16.7. The van der Waals surface area contributed by atoms with Gasteiger partial charge in [-0.2, -0.15) is 0 Å². The molecule has 11 atom stereocenters. The fourth-order valence-corrected chi connectivity index (χ4v) is 11.4. The summed E-state index contributed by atoms with van der Waals surface area (Å²) in [7, 11) is 0. The Balaban J connectivity index is 0.975. The molecule has 1 spiro atoms. The molecule has 0 aromatic carbocycles. The molecule has 6 rings (SSSR count). The number of amides is 1. The molecule has 15 nitrogen and oxygen atoms in total. The number of unbranched alkanes of at least 4 members (excludes halogenated alkanes) is 3. The van der Waals surface area contributed by atoms with Gasteiger partial charge in [0.1, 0.15) is 30.0 Å². The van der Waals surface area contributed by atoms with Crippen molar-refractivity contribution in [3.05, 3.63) is 34.4 Å². The van der Waals surface area contributed by atoms with Gasteiger partial charge in [-0.1, -0.05) is 26.7 Å². The third-order valence-electron chi connectivity index (χ3n) is 14.0. The minimum Gasteiger partial charge on any atom is -0.480 e. The van der Waals surface area contributed by atoms with Crippen LogP contribution in [-0.2, 0) is 33.4 Å². The second kappa shape index (κ2) is 15.9. The van der Waals surface area contributed by atoms with E-state index in [9.17, 15) is 34.2 Å². The molecule has 1 aromatic heterocycles. The van der Waals surface area contributed by atoms with Gasteiger partial charge in [0.05, 0.1) is 11.9 Å². The zero-order valence-electron chi connectivity index (χ0n) is 32.3. The van der Waals surface area contributed by atoms with Crippen molar-refractivity contribution >= 4 is 29.8 Å². The van der Waals surface area contributed by atoms with Gasteiger partial charge in [0.2, 0.25) is 5.91 Å². The van der Waals surface area contributed by atoms with Crippen molar-refractivity contribution in [3.8, 4) is 0 Å². The molecule has 4 saturated carbocycles. The van der Waals surface area contributed by atoms with Crippen LogP contribution in [0.3, 0.4) is 0 Å². The molecule has 3 unspecified atom stereocenters. The van der Waals surface area contributed by atoms with Crippen molar-refractivity contribution in [1.29, 1.82) is 0 Å². The molecule has 2 heterocycles. The van der Waals surface area contributed by atoms with Crippen molar-refractivity contribution in [3.63, 3.8) is 0 Å². The number of aliphatic carboxylic acids is 1. The van der Waals surface area contributed by atoms with Crippen LogP contribution >= 0.6 is 0 Å². The second-order valence-electron chi connectivity index (χ2n) is 17.1. The third-order valence-corrected chi connectivity index (χ3v) is 14.0. The number of ether oxygens (including phenoxy) is 3. The summed E-state index contributed by atoms with van der Waals surface area (Å²) in [6, 6.07) is 2.18. The fourth-order valence-electron chi connectivity index (χ4n) is 11.4. The number of aliphatic hydroxyl groups is 1. The van der Waals surface area contributed by atoms with Crippen LogP contribution in [0.4, 0.5) is 0 Å². The van der Waals surface area contributed by atoms with Gasteiger partial charge in [0, 0.05) is 50.1 Å². The summed E-state index contributed by atoms with van der Waals surface area (Å²) in [5.41, 5.74) is 8.65. The Labute approximate surface area is 321 Å². The van der Waals surface area contributed by atoms with E-state index in [-0.39, 0.29) is 85.0 Å². The molecule has 1 aromatic rings. The van der Waals surface area contributed by atoms with Crippen molar-refractivity contribution in [2.45, 2.75) is 159 Å². The first-order valence-electron chi connectivity index (χ1n) is 20.0. The molecule has 0 radical (unpaired) electrons. The normalized spacial score (nSPS) is 36.1. The minimum absolute atomic E-state index is 0.0662. The Morgan fingerprint density at radius 3 is 2.35 bits per heavy atom. The number of carboxylic acid groups (broad SMARTS) is 1. The first kappa shape index (κ1) is 40.7. The van der Waals surface area contributed by atoms with E-state index in [1.807, 2.05) is 0 Å². The van der Waals surface area contributed by atoms with Crippen molar-refractivity contribution in [2.24, 2.45) is 39.1 Å². The number of hydrogen-bond donors (Lipinski definition) is 5. The topological polar surface area (TPSA) is 246 Å². The van der Waals surface area contributed by atoms with Crippen LogP contribution in [0.2, 0.25) is 0 Å². The molecule has 1 saturated heterocycles. The van der Waals surface area contributed by atoms with Crippen LogP contribution < -0.4 is 22.4 Å². The molecular formula is C40H58N4O11. The lowest BCUT2D eigenvalue weighted by Gasteiger charge is -2.64. The van der Waals surface area contributed by atoms with Crippen LogP contribution in [0.15, 0.2) is 32.6 Å². The zero-order valence-corrected chi connectivity index (χ0v) is 32.3. The smallest absolute Gasteiger partial charge is 0.335 e. The van der Waals surface area contributed by atoms with Gasteiger partial charge >= 0.3 is 23.5 Å². The standard InChI is InChI=1S/C40H58N4O11/c1-23(45)53-33-32(24-12-13-30(47)52-22-24)38(3)18-15-26-27(40(38)34(33)55-40)16-19-39(51)21-25(14-17-37(26,39)2)54-31(48)11-7-5-4-6-10-29(46)44-28(35(49)50)9-8-20-43-36(41)42/h12-13,22,25-28,32-34,51H,4-11,14-21H2,1-3H3,(H,44,46)(H,49,50)(H4,41,42,43)/t25-,26-,27?,28?,32-,33+,34+,37+,38+,39-,40?/m0/s1. The summed E-state index contributed by atoms with van der Waals surface area (Å²) in [4.78, 5) is 64.7. The van der Waals surface area contributed by atoms with Gasteiger partial charge in [-0.15, -0.1) is 0 Å². The van der Waals surface area contributed by atoms with Crippen LogP contribution in [-0.4, -0.2) is 82.1 Å². The molecule has 5 aliphatic rings. The number of nitrogens with two attached hydrogens (primary N) is 2. The summed E-state index contributed by atoms with van der Waals surface area (Å²) < 4.78 is 23.9. The van der Waals surface area contributed by atoms with E-state index in [4.69, 9.17) is 30.1 Å². The number of carboxylic acids is 1. The number of rotatable bonds is 16.